The molecule has 6 heteroatoms. The number of fused-ring (bicyclic) bond motifs is 8. The number of esters is 2. The summed E-state index contributed by atoms with van der Waals surface area (Å²) in [6.07, 6.45) is 3.49. The lowest BCUT2D eigenvalue weighted by Gasteiger charge is -2.35. The van der Waals surface area contributed by atoms with Crippen molar-refractivity contribution in [1.82, 2.24) is 0 Å². The van der Waals surface area contributed by atoms with Crippen LogP contribution in [0.25, 0.3) is 0 Å². The number of aryl methyl sites for hydroxylation is 2. The van der Waals surface area contributed by atoms with Crippen LogP contribution in [0.5, 0.6) is 0 Å². The van der Waals surface area contributed by atoms with E-state index in [1.165, 1.54) is 32.0 Å². The number of ether oxygens (including phenoxy) is 1. The van der Waals surface area contributed by atoms with Crippen LogP contribution in [0, 0.1) is 25.7 Å². The van der Waals surface area contributed by atoms with E-state index in [0.717, 1.165) is 25.7 Å². The highest BCUT2D eigenvalue weighted by Crippen LogP contribution is 2.66. The standard InChI is InChI=1S/C20H22O4S2/c1-9-11-5-7-13-14(8-6-12(11)10(2)25-9)20(4)16-15(17(21)24-18(16)22)19(13,3)26(20)23/h15-16H,5-8H2,1-4H3. The lowest BCUT2D eigenvalue weighted by Crippen LogP contribution is -2.43. The first-order chi connectivity index (χ1) is 12.2. The maximum atomic E-state index is 13.6. The van der Waals surface area contributed by atoms with Crippen molar-refractivity contribution in [2.45, 2.75) is 62.9 Å². The number of carbonyl (C=O) groups excluding carboxylic acids is 2. The van der Waals surface area contributed by atoms with Gasteiger partial charge < -0.3 is 4.74 Å². The third-order valence-electron chi connectivity index (χ3n) is 7.33. The van der Waals surface area contributed by atoms with Crippen LogP contribution >= 0.6 is 11.3 Å². The van der Waals surface area contributed by atoms with E-state index in [1.807, 2.05) is 25.2 Å². The lowest BCUT2D eigenvalue weighted by molar-refractivity contribution is -0.154. The van der Waals surface area contributed by atoms with Crippen molar-refractivity contribution in [3.8, 4) is 0 Å². The van der Waals surface area contributed by atoms with Crippen LogP contribution in [0.4, 0.5) is 0 Å². The van der Waals surface area contributed by atoms with Gasteiger partial charge in [0.05, 0.1) is 21.3 Å². The molecule has 2 fully saturated rings. The van der Waals surface area contributed by atoms with Crippen LogP contribution in [0.15, 0.2) is 11.1 Å². The third-order valence-corrected chi connectivity index (χ3v) is 11.0. The van der Waals surface area contributed by atoms with E-state index >= 15 is 0 Å². The molecule has 0 radical (unpaired) electrons. The van der Waals surface area contributed by atoms with Crippen molar-refractivity contribution in [2.24, 2.45) is 11.8 Å². The summed E-state index contributed by atoms with van der Waals surface area (Å²) in [4.78, 5) is 27.6. The Morgan fingerprint density at radius 1 is 0.885 bits per heavy atom. The Labute approximate surface area is 159 Å². The molecule has 4 nitrogen and oxygen atoms in total. The topological polar surface area (TPSA) is 60.4 Å². The smallest absolute Gasteiger partial charge is 0.319 e. The molecular weight excluding hydrogens is 368 g/mol. The molecule has 1 aliphatic carbocycles. The Balaban J connectivity index is 1.68. The van der Waals surface area contributed by atoms with Gasteiger partial charge in [-0.2, -0.15) is 0 Å². The van der Waals surface area contributed by atoms with E-state index in [2.05, 4.69) is 13.8 Å². The van der Waals surface area contributed by atoms with Crippen molar-refractivity contribution in [3.05, 3.63) is 32.0 Å². The second kappa shape index (κ2) is 4.96. The monoisotopic (exact) mass is 390 g/mol. The molecule has 1 aromatic heterocycles. The zero-order valence-electron chi connectivity index (χ0n) is 15.4. The zero-order valence-corrected chi connectivity index (χ0v) is 17.1. The summed E-state index contributed by atoms with van der Waals surface area (Å²) >= 11 is 1.86. The van der Waals surface area contributed by atoms with Gasteiger partial charge >= 0.3 is 11.9 Å². The molecule has 3 aliphatic heterocycles. The van der Waals surface area contributed by atoms with Crippen LogP contribution in [0.2, 0.25) is 0 Å². The van der Waals surface area contributed by atoms with Crippen molar-refractivity contribution in [1.29, 1.82) is 0 Å². The molecule has 0 amide bonds. The summed E-state index contributed by atoms with van der Waals surface area (Å²) in [6, 6.07) is 0. The van der Waals surface area contributed by atoms with Gasteiger partial charge in [0.15, 0.2) is 0 Å². The molecule has 5 rings (SSSR count). The van der Waals surface area contributed by atoms with Crippen molar-refractivity contribution in [3.63, 3.8) is 0 Å². The molecule has 0 saturated carbocycles. The lowest BCUT2D eigenvalue weighted by atomic mass is 9.63. The quantitative estimate of drug-likeness (QED) is 0.388. The maximum Gasteiger partial charge on any atom is 0.319 e. The molecule has 4 unspecified atom stereocenters. The van der Waals surface area contributed by atoms with E-state index in [-0.39, 0.29) is 0 Å². The fourth-order valence-corrected chi connectivity index (χ4v) is 10.0. The molecule has 0 aromatic carbocycles. The van der Waals surface area contributed by atoms with Crippen LogP contribution in [-0.4, -0.2) is 25.6 Å². The fraction of sp³-hybridized carbons (Fsp3) is 0.600. The van der Waals surface area contributed by atoms with E-state index < -0.39 is 44.1 Å². The Bertz CT molecular complexity index is 885. The zero-order chi connectivity index (χ0) is 18.6. The Kier molecular flexibility index (Phi) is 3.22. The summed E-state index contributed by atoms with van der Waals surface area (Å²) < 4.78 is 17.1. The first-order valence-electron chi connectivity index (χ1n) is 9.20. The number of thiophene rings is 1. The SMILES string of the molecule is Cc1sc(C)c2c1CCC1=C(CC2)C2(C)C3C(=O)OC(=O)C3C1(C)S2=O. The number of carbonyl (C=O) groups is 2. The molecule has 138 valence electrons. The predicted molar refractivity (Wildman–Crippen MR) is 100 cm³/mol. The van der Waals surface area contributed by atoms with Crippen molar-refractivity contribution in [2.75, 3.05) is 0 Å². The number of rotatable bonds is 0. The van der Waals surface area contributed by atoms with Gasteiger partial charge in [0.2, 0.25) is 0 Å². The van der Waals surface area contributed by atoms with Gasteiger partial charge in [0.1, 0.15) is 0 Å². The molecule has 4 aliphatic rings. The Hall–Kier alpha value is -1.27. The second-order valence-electron chi connectivity index (χ2n) is 8.31. The predicted octanol–water partition coefficient (Wildman–Crippen LogP) is 3.15. The highest BCUT2D eigenvalue weighted by atomic mass is 32.2. The van der Waals surface area contributed by atoms with Gasteiger partial charge in [0.25, 0.3) is 0 Å². The Morgan fingerprint density at radius 2 is 1.31 bits per heavy atom. The number of hydrogen-bond acceptors (Lipinski definition) is 5. The maximum absolute atomic E-state index is 13.6. The van der Waals surface area contributed by atoms with Crippen LogP contribution in [0.3, 0.4) is 0 Å². The first-order valence-corrected chi connectivity index (χ1v) is 11.2. The molecular formula is C20H22O4S2. The van der Waals surface area contributed by atoms with Gasteiger partial charge in [0, 0.05) is 20.6 Å². The van der Waals surface area contributed by atoms with Crippen molar-refractivity contribution >= 4 is 34.1 Å². The molecule has 0 N–H and O–H groups in total. The third kappa shape index (κ3) is 1.65. The fourth-order valence-electron chi connectivity index (χ4n) is 6.18. The average Bonchev–Trinajstić information content (AvgIpc) is 3.10. The summed E-state index contributed by atoms with van der Waals surface area (Å²) in [7, 11) is -1.27. The summed E-state index contributed by atoms with van der Waals surface area (Å²) in [6.45, 7) is 8.22. The number of hydrogen-bond donors (Lipinski definition) is 0. The summed E-state index contributed by atoms with van der Waals surface area (Å²) in [5, 5.41) is 0. The minimum Gasteiger partial charge on any atom is -0.393 e. The minimum atomic E-state index is -1.27. The minimum absolute atomic E-state index is 0.476. The molecule has 2 saturated heterocycles. The van der Waals surface area contributed by atoms with Crippen molar-refractivity contribution < 1.29 is 18.5 Å². The van der Waals surface area contributed by atoms with Crippen LogP contribution in [0.1, 0.15) is 47.6 Å². The largest absolute Gasteiger partial charge is 0.393 e. The summed E-state index contributed by atoms with van der Waals surface area (Å²) in [5.41, 5.74) is 5.20. The van der Waals surface area contributed by atoms with Crippen LogP contribution in [-0.2, 0) is 38.0 Å². The second-order valence-corrected chi connectivity index (χ2v) is 12.0. The highest BCUT2D eigenvalue weighted by Gasteiger charge is 2.77. The van der Waals surface area contributed by atoms with Gasteiger partial charge in [-0.3, -0.25) is 13.8 Å². The molecule has 0 spiro atoms. The average molecular weight is 391 g/mol. The Morgan fingerprint density at radius 3 is 1.73 bits per heavy atom. The summed E-state index contributed by atoms with van der Waals surface area (Å²) in [5.74, 6) is -2.11. The van der Waals surface area contributed by atoms with E-state index in [0.29, 0.717) is 0 Å². The normalized spacial score (nSPS) is 40.8. The van der Waals surface area contributed by atoms with E-state index in [4.69, 9.17) is 4.74 Å². The van der Waals surface area contributed by atoms with Gasteiger partial charge in [-0.25, -0.2) is 0 Å². The highest BCUT2D eigenvalue weighted by molar-refractivity contribution is 7.89. The van der Waals surface area contributed by atoms with E-state index in [1.54, 1.807) is 0 Å². The van der Waals surface area contributed by atoms with Gasteiger partial charge in [-0.1, -0.05) is 0 Å². The first kappa shape index (κ1) is 16.9. The molecule has 2 bridgehead atoms. The molecule has 26 heavy (non-hydrogen) atoms. The molecule has 1 aromatic rings. The van der Waals surface area contributed by atoms with Gasteiger partial charge in [-0.15, -0.1) is 11.3 Å². The number of cyclic esters (lactones) is 2. The van der Waals surface area contributed by atoms with Crippen LogP contribution < -0.4 is 0 Å². The van der Waals surface area contributed by atoms with Gasteiger partial charge in [-0.05, 0) is 75.7 Å². The van der Waals surface area contributed by atoms with E-state index in [9.17, 15) is 13.8 Å². The molecule has 4 atom stereocenters. The molecule has 4 heterocycles.